The van der Waals surface area contributed by atoms with Crippen molar-refractivity contribution in [3.63, 3.8) is 0 Å². The van der Waals surface area contributed by atoms with E-state index in [0.717, 1.165) is 5.56 Å². The molecule has 1 aromatic heterocycles. The smallest absolute Gasteiger partial charge is 0.337 e. The quantitative estimate of drug-likeness (QED) is 0.889. The van der Waals surface area contributed by atoms with Crippen LogP contribution in [0.15, 0.2) is 42.7 Å². The molecule has 4 nitrogen and oxygen atoms in total. The molecule has 0 bridgehead atoms. The lowest BCUT2D eigenvalue weighted by Gasteiger charge is -2.09. The lowest BCUT2D eigenvalue weighted by molar-refractivity contribution is 0.0698. The average molecular weight is 263 g/mol. The highest BCUT2D eigenvalue weighted by atomic mass is 35.5. The van der Waals surface area contributed by atoms with E-state index < -0.39 is 5.97 Å². The molecule has 1 aromatic carbocycles. The molecule has 0 atom stereocenters. The second-order valence-corrected chi connectivity index (χ2v) is 4.15. The molecular formula is C13H11ClN2O2. The van der Waals surface area contributed by atoms with Crippen molar-refractivity contribution in [3.05, 3.63) is 58.9 Å². The highest BCUT2D eigenvalue weighted by Gasteiger charge is 2.10. The van der Waals surface area contributed by atoms with Crippen LogP contribution in [0.25, 0.3) is 0 Å². The van der Waals surface area contributed by atoms with E-state index in [1.807, 2.05) is 12.1 Å². The molecule has 0 radical (unpaired) electrons. The maximum atomic E-state index is 11.0. The predicted octanol–water partition coefficient (Wildman–Crippen LogP) is 3.05. The zero-order valence-electron chi connectivity index (χ0n) is 9.43. The number of hydrogen-bond acceptors (Lipinski definition) is 3. The summed E-state index contributed by atoms with van der Waals surface area (Å²) < 4.78 is 0. The highest BCUT2D eigenvalue weighted by Crippen LogP contribution is 2.21. The van der Waals surface area contributed by atoms with Crippen LogP contribution in [-0.2, 0) is 6.54 Å². The van der Waals surface area contributed by atoms with E-state index in [9.17, 15) is 4.79 Å². The van der Waals surface area contributed by atoms with Gasteiger partial charge in [0.25, 0.3) is 0 Å². The molecule has 0 amide bonds. The zero-order valence-corrected chi connectivity index (χ0v) is 10.2. The van der Waals surface area contributed by atoms with Crippen LogP contribution in [0.3, 0.4) is 0 Å². The van der Waals surface area contributed by atoms with Crippen molar-refractivity contribution in [2.75, 3.05) is 5.32 Å². The van der Waals surface area contributed by atoms with Crippen molar-refractivity contribution in [1.29, 1.82) is 0 Å². The van der Waals surface area contributed by atoms with Gasteiger partial charge in [-0.05, 0) is 29.8 Å². The predicted molar refractivity (Wildman–Crippen MR) is 70.0 cm³/mol. The number of halogens is 1. The summed E-state index contributed by atoms with van der Waals surface area (Å²) in [6.45, 7) is 0.495. The monoisotopic (exact) mass is 262 g/mol. The molecule has 2 N–H and O–H groups in total. The maximum absolute atomic E-state index is 11.0. The van der Waals surface area contributed by atoms with Crippen LogP contribution >= 0.6 is 11.6 Å². The van der Waals surface area contributed by atoms with Gasteiger partial charge < -0.3 is 10.4 Å². The van der Waals surface area contributed by atoms with Crippen LogP contribution < -0.4 is 5.32 Å². The largest absolute Gasteiger partial charge is 0.478 e. The van der Waals surface area contributed by atoms with Crippen molar-refractivity contribution in [2.24, 2.45) is 0 Å². The number of nitrogens with zero attached hydrogens (tertiary/aromatic N) is 1. The number of benzene rings is 1. The van der Waals surface area contributed by atoms with E-state index >= 15 is 0 Å². The first-order valence-corrected chi connectivity index (χ1v) is 5.70. The van der Waals surface area contributed by atoms with Gasteiger partial charge in [0.05, 0.1) is 11.3 Å². The topological polar surface area (TPSA) is 62.2 Å². The second-order valence-electron chi connectivity index (χ2n) is 3.71. The van der Waals surface area contributed by atoms with E-state index in [1.54, 1.807) is 24.5 Å². The van der Waals surface area contributed by atoms with E-state index in [2.05, 4.69) is 10.3 Å². The maximum Gasteiger partial charge on any atom is 0.337 e. The van der Waals surface area contributed by atoms with Crippen LogP contribution in [0.4, 0.5) is 5.69 Å². The van der Waals surface area contributed by atoms with E-state index in [-0.39, 0.29) is 5.56 Å². The molecule has 0 saturated heterocycles. The van der Waals surface area contributed by atoms with Gasteiger partial charge in [0.2, 0.25) is 0 Å². The number of carboxylic acids is 1. The van der Waals surface area contributed by atoms with Gasteiger partial charge in [-0.3, -0.25) is 4.98 Å². The van der Waals surface area contributed by atoms with Gasteiger partial charge in [0.15, 0.2) is 0 Å². The summed E-state index contributed by atoms with van der Waals surface area (Å²) in [4.78, 5) is 15.0. The van der Waals surface area contributed by atoms with E-state index in [0.29, 0.717) is 17.3 Å². The number of hydrogen-bond donors (Lipinski definition) is 2. The Labute approximate surface area is 109 Å². The average Bonchev–Trinajstić information content (AvgIpc) is 2.37. The summed E-state index contributed by atoms with van der Waals surface area (Å²) in [6, 6.07) is 8.37. The number of anilines is 1. The molecule has 1 heterocycles. The lowest BCUT2D eigenvalue weighted by atomic mass is 10.1. The summed E-state index contributed by atoms with van der Waals surface area (Å²) in [5.41, 5.74) is 1.66. The summed E-state index contributed by atoms with van der Waals surface area (Å²) in [6.07, 6.45) is 3.41. The summed E-state index contributed by atoms with van der Waals surface area (Å²) in [7, 11) is 0. The molecule has 18 heavy (non-hydrogen) atoms. The van der Waals surface area contributed by atoms with Crippen LogP contribution in [-0.4, -0.2) is 16.1 Å². The molecule has 0 saturated carbocycles. The van der Waals surface area contributed by atoms with Gasteiger partial charge in [0.1, 0.15) is 0 Å². The number of aromatic carboxylic acids is 1. The molecular weight excluding hydrogens is 252 g/mol. The number of nitrogens with one attached hydrogen (secondary N) is 1. The Balaban J connectivity index is 2.18. The first-order chi connectivity index (χ1) is 8.66. The SMILES string of the molecule is O=C(O)c1ccc(Cl)cc1NCc1cccnc1. The van der Waals surface area contributed by atoms with Crippen LogP contribution in [0.2, 0.25) is 5.02 Å². The molecule has 92 valence electrons. The van der Waals surface area contributed by atoms with E-state index in [1.165, 1.54) is 6.07 Å². The van der Waals surface area contributed by atoms with Crippen molar-refractivity contribution < 1.29 is 9.90 Å². The van der Waals surface area contributed by atoms with Crippen LogP contribution in [0, 0.1) is 0 Å². The van der Waals surface area contributed by atoms with E-state index in [4.69, 9.17) is 16.7 Å². The molecule has 0 fully saturated rings. The first kappa shape index (κ1) is 12.4. The van der Waals surface area contributed by atoms with Gasteiger partial charge in [-0.2, -0.15) is 0 Å². The molecule has 0 aliphatic heterocycles. The van der Waals surface area contributed by atoms with Crippen molar-refractivity contribution in [1.82, 2.24) is 4.98 Å². The summed E-state index contributed by atoms with van der Waals surface area (Å²) >= 11 is 5.86. The molecule has 0 aliphatic carbocycles. The Kier molecular flexibility index (Phi) is 3.79. The third-order valence-electron chi connectivity index (χ3n) is 2.42. The fraction of sp³-hybridized carbons (Fsp3) is 0.0769. The van der Waals surface area contributed by atoms with Gasteiger partial charge in [-0.25, -0.2) is 4.79 Å². The Morgan fingerprint density at radius 2 is 2.22 bits per heavy atom. The minimum atomic E-state index is -0.986. The molecule has 2 aromatic rings. The van der Waals surface area contributed by atoms with Crippen molar-refractivity contribution in [2.45, 2.75) is 6.54 Å². The molecule has 0 unspecified atom stereocenters. The lowest BCUT2D eigenvalue weighted by Crippen LogP contribution is -2.06. The molecule has 0 aliphatic rings. The highest BCUT2D eigenvalue weighted by molar-refractivity contribution is 6.31. The molecule has 0 spiro atoms. The normalized spacial score (nSPS) is 10.1. The number of carboxylic acid groups (broad SMARTS) is 1. The summed E-state index contributed by atoms with van der Waals surface area (Å²) in [5, 5.41) is 12.6. The van der Waals surface area contributed by atoms with Crippen LogP contribution in [0.5, 0.6) is 0 Å². The van der Waals surface area contributed by atoms with Crippen LogP contribution in [0.1, 0.15) is 15.9 Å². The Hall–Kier alpha value is -2.07. The third kappa shape index (κ3) is 2.99. The molecule has 5 heteroatoms. The standard InChI is InChI=1S/C13H11ClN2O2/c14-10-3-4-11(13(17)18)12(6-10)16-8-9-2-1-5-15-7-9/h1-7,16H,8H2,(H,17,18). The fourth-order valence-electron chi connectivity index (χ4n) is 1.55. The number of aromatic nitrogens is 1. The Morgan fingerprint density at radius 1 is 1.39 bits per heavy atom. The minimum Gasteiger partial charge on any atom is -0.478 e. The third-order valence-corrected chi connectivity index (χ3v) is 2.65. The van der Waals surface area contributed by atoms with Gasteiger partial charge >= 0.3 is 5.97 Å². The second kappa shape index (κ2) is 5.51. The van der Waals surface area contributed by atoms with Gasteiger partial charge in [-0.1, -0.05) is 17.7 Å². The molecule has 2 rings (SSSR count). The minimum absolute atomic E-state index is 0.197. The number of pyridine rings is 1. The van der Waals surface area contributed by atoms with Crippen molar-refractivity contribution in [3.8, 4) is 0 Å². The van der Waals surface area contributed by atoms with Gasteiger partial charge in [0, 0.05) is 24.0 Å². The van der Waals surface area contributed by atoms with Crippen molar-refractivity contribution >= 4 is 23.3 Å². The summed E-state index contributed by atoms with van der Waals surface area (Å²) in [5.74, 6) is -0.986. The Bertz CT molecular complexity index is 558. The first-order valence-electron chi connectivity index (χ1n) is 5.32. The number of carbonyl (C=O) groups is 1. The van der Waals surface area contributed by atoms with Gasteiger partial charge in [-0.15, -0.1) is 0 Å². The zero-order chi connectivity index (χ0) is 13.0. The number of rotatable bonds is 4. The Morgan fingerprint density at radius 3 is 2.89 bits per heavy atom. The fourth-order valence-corrected chi connectivity index (χ4v) is 1.72.